The first-order chi connectivity index (χ1) is 7.34. The van der Waals surface area contributed by atoms with E-state index in [1.807, 2.05) is 30.3 Å². The summed E-state index contributed by atoms with van der Waals surface area (Å²) >= 11 is 0. The molecule has 0 unspecified atom stereocenters. The molecule has 0 aliphatic carbocycles. The van der Waals surface area contributed by atoms with Crippen molar-refractivity contribution in [2.45, 2.75) is 6.42 Å². The van der Waals surface area contributed by atoms with Gasteiger partial charge < -0.3 is 15.8 Å². The minimum absolute atomic E-state index is 0.508. The topological polar surface area (TPSA) is 47.3 Å². The maximum absolute atomic E-state index is 5.62. The van der Waals surface area contributed by atoms with E-state index in [-0.39, 0.29) is 0 Å². The Hall–Kier alpha value is -1.64. The van der Waals surface area contributed by atoms with Crippen LogP contribution in [0, 0.1) is 5.92 Å². The minimum atomic E-state index is 0.508. The van der Waals surface area contributed by atoms with Gasteiger partial charge in [-0.3, -0.25) is 0 Å². The first-order valence-corrected chi connectivity index (χ1v) is 5.23. The fourth-order valence-corrected chi connectivity index (χ4v) is 1.65. The molecule has 1 aromatic carbocycles. The van der Waals surface area contributed by atoms with E-state index in [0.717, 1.165) is 31.1 Å². The van der Waals surface area contributed by atoms with Crippen LogP contribution in [0.3, 0.4) is 0 Å². The van der Waals surface area contributed by atoms with E-state index in [2.05, 4.69) is 11.4 Å². The molecule has 1 atom stereocenters. The largest absolute Gasteiger partial charge is 0.494 e. The number of nitrogens with one attached hydrogen (secondary N) is 1. The Morgan fingerprint density at radius 2 is 2.13 bits per heavy atom. The van der Waals surface area contributed by atoms with Crippen LogP contribution < -0.4 is 15.8 Å². The van der Waals surface area contributed by atoms with Crippen molar-refractivity contribution in [2.24, 2.45) is 11.7 Å². The predicted molar refractivity (Wildman–Crippen MR) is 60.3 cm³/mol. The van der Waals surface area contributed by atoms with Gasteiger partial charge in [0.25, 0.3) is 0 Å². The molecule has 3 nitrogen and oxygen atoms in total. The number of hydrogen-bond acceptors (Lipinski definition) is 3. The number of para-hydroxylation sites is 1. The zero-order valence-corrected chi connectivity index (χ0v) is 8.65. The molecule has 1 aliphatic rings. The van der Waals surface area contributed by atoms with Gasteiger partial charge in [-0.2, -0.15) is 0 Å². The Bertz CT molecular complexity index is 335. The summed E-state index contributed by atoms with van der Waals surface area (Å²) in [6.07, 6.45) is 3.07. The third-order valence-electron chi connectivity index (χ3n) is 2.48. The highest BCUT2D eigenvalue weighted by molar-refractivity contribution is 5.20. The number of rotatable bonds is 4. The lowest BCUT2D eigenvalue weighted by molar-refractivity contribution is 0.293. The summed E-state index contributed by atoms with van der Waals surface area (Å²) in [5.41, 5.74) is 5.62. The smallest absolute Gasteiger partial charge is 0.119 e. The van der Waals surface area contributed by atoms with Crippen molar-refractivity contribution < 1.29 is 4.74 Å². The molecule has 0 fully saturated rings. The third kappa shape index (κ3) is 2.91. The fraction of sp³-hybridized carbons (Fsp3) is 0.333. The molecule has 0 saturated carbocycles. The van der Waals surface area contributed by atoms with Gasteiger partial charge in [0.05, 0.1) is 12.4 Å². The highest BCUT2D eigenvalue weighted by Gasteiger charge is 2.12. The van der Waals surface area contributed by atoms with Crippen LogP contribution in [0.15, 0.2) is 42.2 Å². The Morgan fingerprint density at radius 1 is 1.33 bits per heavy atom. The van der Waals surface area contributed by atoms with E-state index in [0.29, 0.717) is 5.92 Å². The first kappa shape index (κ1) is 9.90. The molecular formula is C12H16N2O. The summed E-state index contributed by atoms with van der Waals surface area (Å²) in [6, 6.07) is 9.88. The Morgan fingerprint density at radius 3 is 2.80 bits per heavy atom. The van der Waals surface area contributed by atoms with Crippen LogP contribution in [0.1, 0.15) is 6.42 Å². The third-order valence-corrected chi connectivity index (χ3v) is 2.48. The van der Waals surface area contributed by atoms with E-state index >= 15 is 0 Å². The van der Waals surface area contributed by atoms with Crippen molar-refractivity contribution in [1.82, 2.24) is 5.32 Å². The van der Waals surface area contributed by atoms with Crippen LogP contribution in [0.4, 0.5) is 0 Å². The molecule has 0 amide bonds. The summed E-state index contributed by atoms with van der Waals surface area (Å²) < 4.78 is 5.61. The Balaban J connectivity index is 1.72. The molecule has 15 heavy (non-hydrogen) atoms. The lowest BCUT2D eigenvalue weighted by Crippen LogP contribution is -2.17. The second-order valence-electron chi connectivity index (χ2n) is 3.71. The van der Waals surface area contributed by atoms with Gasteiger partial charge >= 0.3 is 0 Å². The van der Waals surface area contributed by atoms with E-state index in [4.69, 9.17) is 10.5 Å². The number of nitrogens with two attached hydrogens (primary N) is 1. The molecule has 1 aliphatic heterocycles. The monoisotopic (exact) mass is 204 g/mol. The van der Waals surface area contributed by atoms with Gasteiger partial charge in [-0.05, 0) is 24.6 Å². The van der Waals surface area contributed by atoms with Crippen molar-refractivity contribution in [3.05, 3.63) is 42.2 Å². The highest BCUT2D eigenvalue weighted by atomic mass is 16.5. The molecule has 0 bridgehead atoms. The highest BCUT2D eigenvalue weighted by Crippen LogP contribution is 2.13. The lowest BCUT2D eigenvalue weighted by Gasteiger charge is -2.08. The Kier molecular flexibility index (Phi) is 3.12. The molecule has 0 aromatic heterocycles. The van der Waals surface area contributed by atoms with Gasteiger partial charge in [0.15, 0.2) is 0 Å². The molecule has 3 heteroatoms. The van der Waals surface area contributed by atoms with E-state index < -0.39 is 0 Å². The van der Waals surface area contributed by atoms with Gasteiger partial charge in [0.2, 0.25) is 0 Å². The average Bonchev–Trinajstić information content (AvgIpc) is 2.66. The zero-order valence-electron chi connectivity index (χ0n) is 8.65. The van der Waals surface area contributed by atoms with E-state index in [9.17, 15) is 0 Å². The zero-order chi connectivity index (χ0) is 10.5. The van der Waals surface area contributed by atoms with Gasteiger partial charge in [-0.15, -0.1) is 0 Å². The quantitative estimate of drug-likeness (QED) is 0.781. The van der Waals surface area contributed by atoms with Crippen LogP contribution in [0.2, 0.25) is 0 Å². The molecule has 80 valence electrons. The van der Waals surface area contributed by atoms with Crippen molar-refractivity contribution in [3.63, 3.8) is 0 Å². The molecular weight excluding hydrogens is 188 g/mol. The normalized spacial score (nSPS) is 19.5. The maximum Gasteiger partial charge on any atom is 0.119 e. The minimum Gasteiger partial charge on any atom is -0.494 e. The molecule has 2 rings (SSSR count). The molecule has 0 spiro atoms. The maximum atomic E-state index is 5.62. The molecule has 1 heterocycles. The first-order valence-electron chi connectivity index (χ1n) is 5.23. The van der Waals surface area contributed by atoms with Crippen LogP contribution in [-0.4, -0.2) is 13.2 Å². The van der Waals surface area contributed by atoms with Gasteiger partial charge in [-0.1, -0.05) is 18.2 Å². The van der Waals surface area contributed by atoms with Crippen molar-refractivity contribution in [1.29, 1.82) is 0 Å². The molecule has 3 N–H and O–H groups in total. The number of hydrogen-bond donors (Lipinski definition) is 2. The van der Waals surface area contributed by atoms with Crippen molar-refractivity contribution in [3.8, 4) is 5.75 Å². The summed E-state index contributed by atoms with van der Waals surface area (Å²) in [6.45, 7) is 1.67. The van der Waals surface area contributed by atoms with Crippen LogP contribution >= 0.6 is 0 Å². The van der Waals surface area contributed by atoms with Gasteiger partial charge in [-0.25, -0.2) is 0 Å². The summed E-state index contributed by atoms with van der Waals surface area (Å²) in [5.74, 6) is 2.23. The lowest BCUT2D eigenvalue weighted by atomic mass is 10.1. The summed E-state index contributed by atoms with van der Waals surface area (Å²) in [4.78, 5) is 0. The second kappa shape index (κ2) is 4.73. The van der Waals surface area contributed by atoms with E-state index in [1.165, 1.54) is 0 Å². The SMILES string of the molecule is NC1=C[C@H](CCOc2ccccc2)CN1. The molecule has 0 radical (unpaired) electrons. The molecule has 1 aromatic rings. The average molecular weight is 204 g/mol. The number of ether oxygens (including phenoxy) is 1. The second-order valence-corrected chi connectivity index (χ2v) is 3.71. The standard InChI is InChI=1S/C12H16N2O/c13-12-8-10(9-14-12)6-7-15-11-4-2-1-3-5-11/h1-5,8,10,14H,6-7,9,13H2/t10-/m0/s1. The van der Waals surface area contributed by atoms with Gasteiger partial charge in [0, 0.05) is 12.5 Å². The fourth-order valence-electron chi connectivity index (χ4n) is 1.65. The van der Waals surface area contributed by atoms with Gasteiger partial charge in [0.1, 0.15) is 5.75 Å². The predicted octanol–water partition coefficient (Wildman–Crippen LogP) is 1.47. The molecule has 0 saturated heterocycles. The van der Waals surface area contributed by atoms with Crippen molar-refractivity contribution in [2.75, 3.05) is 13.2 Å². The van der Waals surface area contributed by atoms with E-state index in [1.54, 1.807) is 0 Å². The van der Waals surface area contributed by atoms with Crippen LogP contribution in [-0.2, 0) is 0 Å². The summed E-state index contributed by atoms with van der Waals surface area (Å²) in [5, 5.41) is 3.10. The number of benzene rings is 1. The Labute approximate surface area is 89.9 Å². The van der Waals surface area contributed by atoms with Crippen molar-refractivity contribution >= 4 is 0 Å². The van der Waals surface area contributed by atoms with Crippen LogP contribution in [0.25, 0.3) is 0 Å². The van der Waals surface area contributed by atoms with Crippen LogP contribution in [0.5, 0.6) is 5.75 Å². The summed E-state index contributed by atoms with van der Waals surface area (Å²) in [7, 11) is 0.